The lowest BCUT2D eigenvalue weighted by Crippen LogP contribution is -2.13. The molecule has 8 heteroatoms. The van der Waals surface area contributed by atoms with Gasteiger partial charge >= 0.3 is 5.97 Å². The zero-order chi connectivity index (χ0) is 16.3. The minimum atomic E-state index is -3.92. The van der Waals surface area contributed by atoms with Gasteiger partial charge in [-0.15, -0.1) is 0 Å². The molecule has 0 amide bonds. The summed E-state index contributed by atoms with van der Waals surface area (Å²) in [7, 11) is -2.50. The first-order valence-corrected chi connectivity index (χ1v) is 7.89. The van der Waals surface area contributed by atoms with E-state index in [0.717, 1.165) is 0 Å². The van der Waals surface area contributed by atoms with Gasteiger partial charge in [0.1, 0.15) is 10.6 Å². The third-order valence-electron chi connectivity index (χ3n) is 2.81. The predicted octanol–water partition coefficient (Wildman–Crippen LogP) is 2.85. The molecule has 2 aromatic carbocycles. The van der Waals surface area contributed by atoms with E-state index in [0.29, 0.717) is 5.75 Å². The lowest BCUT2D eigenvalue weighted by molar-refractivity contribution is 0.0697. The van der Waals surface area contributed by atoms with Crippen molar-refractivity contribution in [2.75, 3.05) is 11.8 Å². The van der Waals surface area contributed by atoms with Gasteiger partial charge in [-0.3, -0.25) is 4.72 Å². The Balaban J connectivity index is 2.33. The maximum atomic E-state index is 12.3. The average Bonchev–Trinajstić information content (AvgIpc) is 2.47. The summed E-state index contributed by atoms with van der Waals surface area (Å²) in [4.78, 5) is 10.6. The Morgan fingerprint density at radius 1 is 1.18 bits per heavy atom. The fourth-order valence-corrected chi connectivity index (χ4v) is 3.28. The molecule has 2 aromatic rings. The van der Waals surface area contributed by atoms with Gasteiger partial charge in [-0.25, -0.2) is 13.2 Å². The largest absolute Gasteiger partial charge is 0.497 e. The van der Waals surface area contributed by atoms with Gasteiger partial charge in [0, 0.05) is 11.8 Å². The van der Waals surface area contributed by atoms with Gasteiger partial charge in [-0.1, -0.05) is 11.6 Å². The number of hydrogen-bond donors (Lipinski definition) is 2. The second-order valence-electron chi connectivity index (χ2n) is 4.28. The highest BCUT2D eigenvalue weighted by Crippen LogP contribution is 2.27. The summed E-state index contributed by atoms with van der Waals surface area (Å²) in [5.74, 6) is -0.740. The van der Waals surface area contributed by atoms with Crippen LogP contribution in [0.25, 0.3) is 0 Å². The highest BCUT2D eigenvalue weighted by Gasteiger charge is 2.19. The smallest absolute Gasteiger partial charge is 0.335 e. The summed E-state index contributed by atoms with van der Waals surface area (Å²) in [5.41, 5.74) is 0.284. The van der Waals surface area contributed by atoms with Gasteiger partial charge in [0.05, 0.1) is 17.7 Å². The first-order valence-electron chi connectivity index (χ1n) is 6.03. The van der Waals surface area contributed by atoms with Gasteiger partial charge in [0.25, 0.3) is 10.0 Å². The molecule has 0 saturated heterocycles. The van der Waals surface area contributed by atoms with E-state index in [1.807, 2.05) is 0 Å². The molecule has 116 valence electrons. The van der Waals surface area contributed by atoms with Crippen LogP contribution < -0.4 is 9.46 Å². The lowest BCUT2D eigenvalue weighted by atomic mass is 10.2. The third kappa shape index (κ3) is 3.49. The maximum absolute atomic E-state index is 12.3. The van der Waals surface area contributed by atoms with E-state index in [4.69, 9.17) is 21.4 Å². The first kappa shape index (κ1) is 16.1. The van der Waals surface area contributed by atoms with E-state index in [1.54, 1.807) is 6.07 Å². The van der Waals surface area contributed by atoms with Crippen LogP contribution >= 0.6 is 11.6 Å². The number of carboxylic acids is 1. The van der Waals surface area contributed by atoms with Crippen molar-refractivity contribution in [2.45, 2.75) is 4.90 Å². The SMILES string of the molecule is COc1ccc(Cl)c(S(=O)(=O)Nc2ccc(C(=O)O)cc2)c1. The molecule has 0 bridgehead atoms. The molecule has 0 aliphatic heterocycles. The highest BCUT2D eigenvalue weighted by molar-refractivity contribution is 7.92. The quantitative estimate of drug-likeness (QED) is 0.872. The molecule has 0 aliphatic rings. The molecule has 0 aliphatic carbocycles. The van der Waals surface area contributed by atoms with E-state index in [9.17, 15) is 13.2 Å². The Morgan fingerprint density at radius 2 is 1.82 bits per heavy atom. The summed E-state index contributed by atoms with van der Waals surface area (Å²) < 4.78 is 32.0. The van der Waals surface area contributed by atoms with Crippen LogP contribution in [0.1, 0.15) is 10.4 Å². The predicted molar refractivity (Wildman–Crippen MR) is 82.2 cm³/mol. The van der Waals surface area contributed by atoms with Crippen LogP contribution in [-0.2, 0) is 10.0 Å². The number of anilines is 1. The van der Waals surface area contributed by atoms with Crippen LogP contribution in [0.5, 0.6) is 5.75 Å². The Kier molecular flexibility index (Phi) is 4.58. The summed E-state index contributed by atoms with van der Waals surface area (Å²) in [5, 5.41) is 8.86. The van der Waals surface area contributed by atoms with Crippen molar-refractivity contribution in [3.63, 3.8) is 0 Å². The molecular weight excluding hydrogens is 330 g/mol. The van der Waals surface area contributed by atoms with Crippen molar-refractivity contribution in [3.8, 4) is 5.75 Å². The molecule has 0 heterocycles. The summed E-state index contributed by atoms with van der Waals surface area (Å²) in [6.07, 6.45) is 0. The molecule has 0 aromatic heterocycles. The third-order valence-corrected chi connectivity index (χ3v) is 4.67. The van der Waals surface area contributed by atoms with Crippen molar-refractivity contribution in [2.24, 2.45) is 0 Å². The van der Waals surface area contributed by atoms with Crippen molar-refractivity contribution in [1.29, 1.82) is 0 Å². The van der Waals surface area contributed by atoms with Gasteiger partial charge in [-0.2, -0.15) is 0 Å². The second kappa shape index (κ2) is 6.25. The Bertz CT molecular complexity index is 802. The highest BCUT2D eigenvalue weighted by atomic mass is 35.5. The molecule has 0 saturated carbocycles. The van der Waals surface area contributed by atoms with Crippen LogP contribution in [0.2, 0.25) is 5.02 Å². The van der Waals surface area contributed by atoms with Gasteiger partial charge < -0.3 is 9.84 Å². The van der Waals surface area contributed by atoms with E-state index in [1.165, 1.54) is 43.5 Å². The van der Waals surface area contributed by atoms with Crippen molar-refractivity contribution in [3.05, 3.63) is 53.1 Å². The molecule has 0 radical (unpaired) electrons. The number of ether oxygens (including phenoxy) is 1. The molecular formula is C14H12ClNO5S. The number of rotatable bonds is 5. The van der Waals surface area contributed by atoms with Gasteiger partial charge in [0.2, 0.25) is 0 Å². The maximum Gasteiger partial charge on any atom is 0.335 e. The fraction of sp³-hybridized carbons (Fsp3) is 0.0714. The first-order chi connectivity index (χ1) is 10.3. The van der Waals surface area contributed by atoms with Crippen molar-refractivity contribution in [1.82, 2.24) is 0 Å². The molecule has 0 unspecified atom stereocenters. The van der Waals surface area contributed by atoms with Gasteiger partial charge in [0.15, 0.2) is 0 Å². The van der Waals surface area contributed by atoms with E-state index < -0.39 is 16.0 Å². The molecule has 22 heavy (non-hydrogen) atoms. The second-order valence-corrected chi connectivity index (χ2v) is 6.34. The molecule has 0 spiro atoms. The summed E-state index contributed by atoms with van der Waals surface area (Å²) in [6.45, 7) is 0. The normalized spacial score (nSPS) is 11.0. The summed E-state index contributed by atoms with van der Waals surface area (Å²) >= 11 is 5.92. The summed E-state index contributed by atoms with van der Waals surface area (Å²) in [6, 6.07) is 9.58. The number of hydrogen-bond acceptors (Lipinski definition) is 4. The Labute approximate surface area is 132 Å². The average molecular weight is 342 g/mol. The lowest BCUT2D eigenvalue weighted by Gasteiger charge is -2.11. The number of carbonyl (C=O) groups is 1. The minimum Gasteiger partial charge on any atom is -0.497 e. The number of aromatic carboxylic acids is 1. The number of nitrogens with one attached hydrogen (secondary N) is 1. The molecule has 2 N–H and O–H groups in total. The monoisotopic (exact) mass is 341 g/mol. The van der Waals surface area contributed by atoms with E-state index >= 15 is 0 Å². The zero-order valence-corrected chi connectivity index (χ0v) is 13.0. The molecule has 2 rings (SSSR count). The Morgan fingerprint density at radius 3 is 2.36 bits per heavy atom. The molecule has 0 fully saturated rings. The van der Waals surface area contributed by atoms with E-state index in [-0.39, 0.29) is 21.2 Å². The van der Waals surface area contributed by atoms with Crippen LogP contribution in [0, 0.1) is 0 Å². The number of halogens is 1. The molecule has 6 nitrogen and oxygen atoms in total. The standard InChI is InChI=1S/C14H12ClNO5S/c1-21-11-6-7-12(15)13(8-11)22(19,20)16-10-4-2-9(3-5-10)14(17)18/h2-8,16H,1H3,(H,17,18). The minimum absolute atomic E-state index is 0.0513. The van der Waals surface area contributed by atoms with E-state index in [2.05, 4.69) is 4.72 Å². The topological polar surface area (TPSA) is 92.7 Å². The van der Waals surface area contributed by atoms with Crippen LogP contribution in [0.15, 0.2) is 47.4 Å². The zero-order valence-electron chi connectivity index (χ0n) is 11.4. The number of carboxylic acid groups (broad SMARTS) is 1. The van der Waals surface area contributed by atoms with Gasteiger partial charge in [-0.05, 0) is 36.4 Å². The Hall–Kier alpha value is -2.25. The van der Waals surface area contributed by atoms with Crippen molar-refractivity contribution >= 4 is 33.3 Å². The fourth-order valence-electron chi connectivity index (χ4n) is 1.71. The van der Waals surface area contributed by atoms with Crippen LogP contribution in [0.3, 0.4) is 0 Å². The van der Waals surface area contributed by atoms with Crippen LogP contribution in [0.4, 0.5) is 5.69 Å². The van der Waals surface area contributed by atoms with Crippen LogP contribution in [-0.4, -0.2) is 26.6 Å². The van der Waals surface area contributed by atoms with Crippen molar-refractivity contribution < 1.29 is 23.1 Å². The molecule has 0 atom stereocenters. The number of sulfonamides is 1. The number of methoxy groups -OCH3 is 1. The number of benzene rings is 2.